The average Bonchev–Trinajstić information content (AvgIpc) is 3.10. The van der Waals surface area contributed by atoms with Crippen LogP contribution in [0.15, 0.2) is 48.5 Å². The molecule has 2 aromatic carbocycles. The van der Waals surface area contributed by atoms with Crippen LogP contribution in [0.2, 0.25) is 0 Å². The number of hydrogen-bond acceptors (Lipinski definition) is 3. The molecule has 7 heteroatoms. The number of amides is 3. The normalized spacial score (nSPS) is 13.4. The van der Waals surface area contributed by atoms with Crippen LogP contribution in [-0.2, 0) is 24.4 Å². The van der Waals surface area contributed by atoms with Crippen LogP contribution in [0.3, 0.4) is 0 Å². The third kappa shape index (κ3) is 5.33. The average molecular weight is 381 g/mol. The van der Waals surface area contributed by atoms with Crippen molar-refractivity contribution in [3.8, 4) is 0 Å². The summed E-state index contributed by atoms with van der Waals surface area (Å²) in [6, 6.07) is 13.9. The number of rotatable bonds is 7. The van der Waals surface area contributed by atoms with Crippen LogP contribution in [0.25, 0.3) is 0 Å². The molecule has 0 aliphatic carbocycles. The van der Waals surface area contributed by atoms with E-state index >= 15 is 0 Å². The molecule has 0 saturated carbocycles. The number of carboxylic acid groups (broad SMARTS) is 1. The van der Waals surface area contributed by atoms with Crippen molar-refractivity contribution in [2.24, 2.45) is 0 Å². The van der Waals surface area contributed by atoms with Gasteiger partial charge < -0.3 is 20.6 Å². The van der Waals surface area contributed by atoms with Crippen LogP contribution in [0.1, 0.15) is 39.9 Å². The number of aromatic carboxylic acids is 1. The van der Waals surface area contributed by atoms with Crippen LogP contribution < -0.4 is 10.6 Å². The Morgan fingerprint density at radius 2 is 1.43 bits per heavy atom. The Balaban J connectivity index is 1.41. The van der Waals surface area contributed by atoms with E-state index in [1.54, 1.807) is 12.1 Å². The van der Waals surface area contributed by atoms with E-state index in [1.165, 1.54) is 12.1 Å². The summed E-state index contributed by atoms with van der Waals surface area (Å²) in [5.74, 6) is -0.768. The van der Waals surface area contributed by atoms with Gasteiger partial charge in [0.15, 0.2) is 0 Å². The summed E-state index contributed by atoms with van der Waals surface area (Å²) in [4.78, 5) is 36.3. The van der Waals surface area contributed by atoms with Crippen LogP contribution in [-0.4, -0.2) is 34.5 Å². The highest BCUT2D eigenvalue weighted by molar-refractivity contribution is 5.87. The molecule has 0 bridgehead atoms. The highest BCUT2D eigenvalue weighted by atomic mass is 16.4. The summed E-state index contributed by atoms with van der Waals surface area (Å²) < 4.78 is 0. The summed E-state index contributed by atoms with van der Waals surface area (Å²) >= 11 is 0. The fraction of sp³-hybridized carbons (Fsp3) is 0.286. The van der Waals surface area contributed by atoms with Crippen molar-refractivity contribution in [1.82, 2.24) is 15.5 Å². The van der Waals surface area contributed by atoms with Crippen molar-refractivity contribution < 1.29 is 19.5 Å². The fourth-order valence-corrected chi connectivity index (χ4v) is 3.05. The fourth-order valence-electron chi connectivity index (χ4n) is 3.05. The second-order valence-corrected chi connectivity index (χ2v) is 6.77. The first-order chi connectivity index (χ1) is 13.5. The van der Waals surface area contributed by atoms with Gasteiger partial charge in [0, 0.05) is 32.6 Å². The van der Waals surface area contributed by atoms with Crippen LogP contribution in [0.5, 0.6) is 0 Å². The molecule has 7 nitrogen and oxygen atoms in total. The minimum Gasteiger partial charge on any atom is -0.478 e. The van der Waals surface area contributed by atoms with Gasteiger partial charge in [-0.05, 0) is 35.2 Å². The van der Waals surface area contributed by atoms with Gasteiger partial charge in [0.2, 0.25) is 5.91 Å². The van der Waals surface area contributed by atoms with Crippen LogP contribution in [0.4, 0.5) is 4.79 Å². The molecular formula is C21H23N3O4. The van der Waals surface area contributed by atoms with E-state index in [-0.39, 0.29) is 17.5 Å². The zero-order valence-corrected chi connectivity index (χ0v) is 15.5. The molecule has 0 atom stereocenters. The van der Waals surface area contributed by atoms with Crippen molar-refractivity contribution in [2.45, 2.75) is 32.5 Å². The van der Waals surface area contributed by atoms with Crippen molar-refractivity contribution in [3.63, 3.8) is 0 Å². The molecule has 1 heterocycles. The molecule has 3 N–H and O–H groups in total. The second-order valence-electron chi connectivity index (χ2n) is 6.77. The molecule has 28 heavy (non-hydrogen) atoms. The molecule has 1 aliphatic heterocycles. The Kier molecular flexibility index (Phi) is 6.26. The predicted molar refractivity (Wildman–Crippen MR) is 104 cm³/mol. The first-order valence-electron chi connectivity index (χ1n) is 9.21. The standard InChI is InChI=1S/C21H23N3O4/c25-19-2-1-11-24(19)14-17-5-3-15(4-6-17)12-22-21(28)23-13-16-7-9-18(10-8-16)20(26)27/h3-10H,1-2,11-14H2,(H,26,27)(H2,22,23,28). The molecule has 3 amide bonds. The van der Waals surface area contributed by atoms with Crippen molar-refractivity contribution in [3.05, 3.63) is 70.8 Å². The Morgan fingerprint density at radius 3 is 1.93 bits per heavy atom. The minimum atomic E-state index is -0.977. The smallest absolute Gasteiger partial charge is 0.335 e. The van der Waals surface area contributed by atoms with Crippen molar-refractivity contribution >= 4 is 17.9 Å². The van der Waals surface area contributed by atoms with E-state index < -0.39 is 5.97 Å². The molecule has 2 aromatic rings. The van der Waals surface area contributed by atoms with Crippen LogP contribution >= 0.6 is 0 Å². The number of nitrogens with zero attached hydrogens (tertiary/aromatic N) is 1. The second kappa shape index (κ2) is 9.03. The van der Waals surface area contributed by atoms with Crippen molar-refractivity contribution in [1.29, 1.82) is 0 Å². The maximum absolute atomic E-state index is 11.9. The number of likely N-dealkylation sites (tertiary alicyclic amines) is 1. The lowest BCUT2D eigenvalue weighted by Gasteiger charge is -2.15. The molecule has 0 aromatic heterocycles. The number of carbonyl (C=O) groups excluding carboxylic acids is 2. The molecule has 0 spiro atoms. The monoisotopic (exact) mass is 381 g/mol. The van der Waals surface area contributed by atoms with E-state index in [9.17, 15) is 14.4 Å². The van der Waals surface area contributed by atoms with Crippen molar-refractivity contribution in [2.75, 3.05) is 6.54 Å². The lowest BCUT2D eigenvalue weighted by Crippen LogP contribution is -2.34. The SMILES string of the molecule is O=C(NCc1ccc(CN2CCCC2=O)cc1)NCc1ccc(C(=O)O)cc1. The Labute approximate surface area is 163 Å². The Bertz CT molecular complexity index is 847. The first-order valence-corrected chi connectivity index (χ1v) is 9.21. The minimum absolute atomic E-state index is 0.208. The Morgan fingerprint density at radius 1 is 0.893 bits per heavy atom. The van der Waals surface area contributed by atoms with E-state index in [0.717, 1.165) is 29.7 Å². The van der Waals surface area contributed by atoms with E-state index in [2.05, 4.69) is 10.6 Å². The summed E-state index contributed by atoms with van der Waals surface area (Å²) in [6.45, 7) is 2.16. The number of carbonyl (C=O) groups is 3. The quantitative estimate of drug-likeness (QED) is 0.686. The van der Waals surface area contributed by atoms with Gasteiger partial charge in [-0.3, -0.25) is 4.79 Å². The molecule has 146 valence electrons. The van der Waals surface area contributed by atoms with Gasteiger partial charge in [-0.1, -0.05) is 36.4 Å². The number of benzene rings is 2. The number of urea groups is 1. The van der Waals surface area contributed by atoms with E-state index in [0.29, 0.717) is 26.1 Å². The highest BCUT2D eigenvalue weighted by Crippen LogP contribution is 2.14. The maximum Gasteiger partial charge on any atom is 0.335 e. The Hall–Kier alpha value is -3.35. The summed E-state index contributed by atoms with van der Waals surface area (Å²) in [6.07, 6.45) is 1.57. The highest BCUT2D eigenvalue weighted by Gasteiger charge is 2.19. The zero-order chi connectivity index (χ0) is 19.9. The summed E-state index contributed by atoms with van der Waals surface area (Å²) in [7, 11) is 0. The number of carboxylic acids is 1. The number of hydrogen-bond donors (Lipinski definition) is 3. The van der Waals surface area contributed by atoms with Gasteiger partial charge in [-0.2, -0.15) is 0 Å². The number of nitrogens with one attached hydrogen (secondary N) is 2. The maximum atomic E-state index is 11.9. The van der Waals surface area contributed by atoms with E-state index in [4.69, 9.17) is 5.11 Å². The van der Waals surface area contributed by atoms with E-state index in [1.807, 2.05) is 29.2 Å². The largest absolute Gasteiger partial charge is 0.478 e. The van der Waals surface area contributed by atoms with Gasteiger partial charge in [0.1, 0.15) is 0 Å². The van der Waals surface area contributed by atoms with Crippen LogP contribution in [0, 0.1) is 0 Å². The molecule has 0 radical (unpaired) electrons. The van der Waals surface area contributed by atoms with Gasteiger partial charge in [-0.25, -0.2) is 9.59 Å². The molecule has 3 rings (SSSR count). The molecule has 1 fully saturated rings. The first kappa shape index (κ1) is 19.4. The molecular weight excluding hydrogens is 358 g/mol. The lowest BCUT2D eigenvalue weighted by molar-refractivity contribution is -0.128. The third-order valence-corrected chi connectivity index (χ3v) is 4.67. The summed E-state index contributed by atoms with van der Waals surface area (Å²) in [5.41, 5.74) is 3.08. The predicted octanol–water partition coefficient (Wildman–Crippen LogP) is 2.51. The summed E-state index contributed by atoms with van der Waals surface area (Å²) in [5, 5.41) is 14.4. The van der Waals surface area contributed by atoms with Gasteiger partial charge >= 0.3 is 12.0 Å². The van der Waals surface area contributed by atoms with Gasteiger partial charge in [0.05, 0.1) is 5.56 Å². The third-order valence-electron chi connectivity index (χ3n) is 4.67. The van der Waals surface area contributed by atoms with Gasteiger partial charge in [0.25, 0.3) is 0 Å². The lowest BCUT2D eigenvalue weighted by atomic mass is 10.1. The zero-order valence-electron chi connectivity index (χ0n) is 15.5. The van der Waals surface area contributed by atoms with Gasteiger partial charge in [-0.15, -0.1) is 0 Å². The molecule has 0 unspecified atom stereocenters. The topological polar surface area (TPSA) is 98.7 Å². The molecule has 1 aliphatic rings. The molecule has 1 saturated heterocycles.